The number of nitrogens with one attached hydrogen (secondary N) is 1. The van der Waals surface area contributed by atoms with Gasteiger partial charge in [0.2, 0.25) is 5.91 Å². The van der Waals surface area contributed by atoms with Gasteiger partial charge in [0.15, 0.2) is 0 Å². The van der Waals surface area contributed by atoms with E-state index in [-0.39, 0.29) is 23.3 Å². The van der Waals surface area contributed by atoms with Gasteiger partial charge in [-0.3, -0.25) is 4.79 Å². The highest BCUT2D eigenvalue weighted by Gasteiger charge is 2.51. The number of carbonyl (C=O) groups is 1. The first kappa shape index (κ1) is 14.4. The van der Waals surface area contributed by atoms with Gasteiger partial charge in [-0.15, -0.1) is 0 Å². The third kappa shape index (κ3) is 3.10. The Hall–Kier alpha value is -1.06. The summed E-state index contributed by atoms with van der Waals surface area (Å²) >= 11 is 5.87. The zero-order chi connectivity index (χ0) is 14.1. The summed E-state index contributed by atoms with van der Waals surface area (Å²) in [5.41, 5.74) is 0.359. The van der Waals surface area contributed by atoms with E-state index in [1.54, 1.807) is 0 Å². The van der Waals surface area contributed by atoms with Gasteiger partial charge in [-0.05, 0) is 30.5 Å². The molecule has 0 radical (unpaired) electrons. The van der Waals surface area contributed by atoms with E-state index in [0.717, 1.165) is 18.4 Å². The fourth-order valence-electron chi connectivity index (χ4n) is 2.09. The predicted molar refractivity (Wildman–Crippen MR) is 76.2 cm³/mol. The molecule has 0 aromatic heterocycles. The van der Waals surface area contributed by atoms with Crippen LogP contribution in [0.25, 0.3) is 0 Å². The van der Waals surface area contributed by atoms with Crippen molar-refractivity contribution in [2.45, 2.75) is 32.1 Å². The lowest BCUT2D eigenvalue weighted by molar-refractivity contribution is -0.124. The molecule has 1 aliphatic rings. The summed E-state index contributed by atoms with van der Waals surface area (Å²) in [5, 5.41) is 12.8. The van der Waals surface area contributed by atoms with Gasteiger partial charge in [0.25, 0.3) is 0 Å². The van der Waals surface area contributed by atoms with Crippen LogP contribution in [0.15, 0.2) is 24.3 Å². The normalized spacial score (nSPS) is 17.1. The Morgan fingerprint density at radius 1 is 1.37 bits per heavy atom. The molecule has 0 unspecified atom stereocenters. The number of halogens is 1. The van der Waals surface area contributed by atoms with E-state index >= 15 is 0 Å². The van der Waals surface area contributed by atoms with Crippen molar-refractivity contribution < 1.29 is 9.90 Å². The number of hydrogen-bond donors (Lipinski definition) is 2. The number of hydrogen-bond acceptors (Lipinski definition) is 2. The number of benzene rings is 1. The summed E-state index contributed by atoms with van der Waals surface area (Å²) < 4.78 is 0. The van der Waals surface area contributed by atoms with Crippen molar-refractivity contribution in [1.82, 2.24) is 5.32 Å². The zero-order valence-corrected chi connectivity index (χ0v) is 12.1. The minimum Gasteiger partial charge on any atom is -0.396 e. The Bertz CT molecular complexity index is 464. The van der Waals surface area contributed by atoms with Crippen LogP contribution < -0.4 is 5.32 Å². The lowest BCUT2D eigenvalue weighted by Crippen LogP contribution is -2.41. The van der Waals surface area contributed by atoms with Crippen molar-refractivity contribution in [1.29, 1.82) is 0 Å². The number of aliphatic hydroxyl groups excluding tert-OH is 1. The summed E-state index contributed by atoms with van der Waals surface area (Å²) in [6.07, 6.45) is 1.75. The number of aliphatic hydroxyl groups is 1. The summed E-state index contributed by atoms with van der Waals surface area (Å²) in [6.45, 7) is 4.39. The molecule has 0 atom stereocenters. The molecule has 1 saturated carbocycles. The van der Waals surface area contributed by atoms with Crippen LogP contribution in [0.1, 0.15) is 32.3 Å². The molecular formula is C15H20ClNO2. The summed E-state index contributed by atoms with van der Waals surface area (Å²) in [7, 11) is 0. The molecule has 19 heavy (non-hydrogen) atoms. The molecule has 2 rings (SSSR count). The van der Waals surface area contributed by atoms with Gasteiger partial charge in [-0.1, -0.05) is 37.6 Å². The molecule has 0 spiro atoms. The van der Waals surface area contributed by atoms with E-state index in [4.69, 9.17) is 11.6 Å². The molecule has 2 N–H and O–H groups in total. The molecule has 3 nitrogen and oxygen atoms in total. The minimum absolute atomic E-state index is 0.0522. The number of rotatable bonds is 5. The number of amides is 1. The molecule has 0 aliphatic heterocycles. The first-order valence-electron chi connectivity index (χ1n) is 6.55. The Morgan fingerprint density at radius 3 is 2.42 bits per heavy atom. The average molecular weight is 282 g/mol. The molecule has 0 bridgehead atoms. The van der Waals surface area contributed by atoms with Crippen LogP contribution in [0.4, 0.5) is 0 Å². The maximum Gasteiger partial charge on any atom is 0.230 e. The van der Waals surface area contributed by atoms with E-state index in [2.05, 4.69) is 5.32 Å². The van der Waals surface area contributed by atoms with Crippen LogP contribution >= 0.6 is 11.6 Å². The van der Waals surface area contributed by atoms with Crippen molar-refractivity contribution in [2.24, 2.45) is 5.41 Å². The summed E-state index contributed by atoms with van der Waals surface area (Å²) in [6, 6.07) is 7.49. The van der Waals surface area contributed by atoms with Crippen LogP contribution in [0.2, 0.25) is 5.02 Å². The molecular weight excluding hydrogens is 262 g/mol. The third-order valence-corrected chi connectivity index (χ3v) is 3.99. The van der Waals surface area contributed by atoms with Crippen molar-refractivity contribution in [3.63, 3.8) is 0 Å². The van der Waals surface area contributed by atoms with Gasteiger partial charge in [-0.2, -0.15) is 0 Å². The van der Waals surface area contributed by atoms with E-state index in [1.165, 1.54) is 0 Å². The highest BCUT2D eigenvalue weighted by molar-refractivity contribution is 6.30. The summed E-state index contributed by atoms with van der Waals surface area (Å²) in [4.78, 5) is 12.3. The molecule has 1 aromatic rings. The molecule has 1 amide bonds. The van der Waals surface area contributed by atoms with Gasteiger partial charge < -0.3 is 10.4 Å². The molecule has 104 valence electrons. The van der Waals surface area contributed by atoms with Gasteiger partial charge in [-0.25, -0.2) is 0 Å². The maximum atomic E-state index is 12.3. The van der Waals surface area contributed by atoms with Crippen LogP contribution in [-0.2, 0) is 10.2 Å². The molecule has 0 saturated heterocycles. The second-order valence-corrected chi connectivity index (χ2v) is 6.53. The van der Waals surface area contributed by atoms with Crippen LogP contribution in [0, 0.1) is 5.41 Å². The average Bonchev–Trinajstić information content (AvgIpc) is 3.18. The second-order valence-electron chi connectivity index (χ2n) is 6.09. The van der Waals surface area contributed by atoms with Gasteiger partial charge in [0.1, 0.15) is 0 Å². The highest BCUT2D eigenvalue weighted by atomic mass is 35.5. The highest BCUT2D eigenvalue weighted by Crippen LogP contribution is 2.48. The third-order valence-electron chi connectivity index (χ3n) is 3.74. The van der Waals surface area contributed by atoms with Crippen molar-refractivity contribution in [3.8, 4) is 0 Å². The van der Waals surface area contributed by atoms with Gasteiger partial charge in [0.05, 0.1) is 5.41 Å². The largest absolute Gasteiger partial charge is 0.396 e. The SMILES string of the molecule is CC(C)(CO)CNC(=O)C1(c2ccc(Cl)cc2)CC1. The van der Waals surface area contributed by atoms with Gasteiger partial charge >= 0.3 is 0 Å². The smallest absolute Gasteiger partial charge is 0.230 e. The molecule has 1 fully saturated rings. The second kappa shape index (κ2) is 5.14. The fraction of sp³-hybridized carbons (Fsp3) is 0.533. The predicted octanol–water partition coefficient (Wildman–Crippen LogP) is 2.51. The Balaban J connectivity index is 2.04. The lowest BCUT2D eigenvalue weighted by Gasteiger charge is -2.24. The maximum absolute atomic E-state index is 12.3. The van der Waals surface area contributed by atoms with Gasteiger partial charge in [0, 0.05) is 23.6 Å². The van der Waals surface area contributed by atoms with Crippen molar-refractivity contribution >= 4 is 17.5 Å². The van der Waals surface area contributed by atoms with Crippen molar-refractivity contribution in [3.05, 3.63) is 34.9 Å². The van der Waals surface area contributed by atoms with Crippen LogP contribution in [-0.4, -0.2) is 24.2 Å². The Kier molecular flexibility index (Phi) is 3.88. The summed E-state index contributed by atoms with van der Waals surface area (Å²) in [5.74, 6) is 0.0522. The topological polar surface area (TPSA) is 49.3 Å². The van der Waals surface area contributed by atoms with Crippen LogP contribution in [0.3, 0.4) is 0 Å². The Labute approximate surface area is 119 Å². The number of carbonyl (C=O) groups excluding carboxylic acids is 1. The molecule has 0 heterocycles. The zero-order valence-electron chi connectivity index (χ0n) is 11.4. The van der Waals surface area contributed by atoms with E-state index in [1.807, 2.05) is 38.1 Å². The van der Waals surface area contributed by atoms with E-state index in [0.29, 0.717) is 11.6 Å². The van der Waals surface area contributed by atoms with E-state index < -0.39 is 0 Å². The fourth-order valence-corrected chi connectivity index (χ4v) is 2.21. The monoisotopic (exact) mass is 281 g/mol. The standard InChI is InChI=1S/C15H20ClNO2/c1-14(2,10-18)9-17-13(19)15(7-8-15)11-3-5-12(16)6-4-11/h3-6,18H,7-10H2,1-2H3,(H,17,19). The first-order valence-corrected chi connectivity index (χ1v) is 6.93. The first-order chi connectivity index (χ1) is 8.89. The molecule has 1 aliphatic carbocycles. The molecule has 1 aromatic carbocycles. The molecule has 4 heteroatoms. The quantitative estimate of drug-likeness (QED) is 0.871. The van der Waals surface area contributed by atoms with Crippen LogP contribution in [0.5, 0.6) is 0 Å². The lowest BCUT2D eigenvalue weighted by atomic mass is 9.92. The Morgan fingerprint density at radius 2 is 1.95 bits per heavy atom. The van der Waals surface area contributed by atoms with E-state index in [9.17, 15) is 9.90 Å². The minimum atomic E-state index is -0.379. The van der Waals surface area contributed by atoms with Crippen molar-refractivity contribution in [2.75, 3.05) is 13.2 Å².